The van der Waals surface area contributed by atoms with Crippen molar-refractivity contribution in [3.8, 4) is 11.5 Å². The number of phenolic OH excluding ortho intramolecular Hbond substituents is 1. The van der Waals surface area contributed by atoms with Crippen molar-refractivity contribution < 1.29 is 14.6 Å². The molecule has 1 aliphatic heterocycles. The molecular formula is C29H38N4O3. The van der Waals surface area contributed by atoms with Crippen LogP contribution >= 0.6 is 0 Å². The largest absolute Gasteiger partial charge is 0.504 e. The number of hydrogen-bond donors (Lipinski definition) is 1. The summed E-state index contributed by atoms with van der Waals surface area (Å²) in [7, 11) is 3.76. The number of rotatable bonds is 9. The summed E-state index contributed by atoms with van der Waals surface area (Å²) in [5.74, 6) is 1.17. The Morgan fingerprint density at radius 2 is 1.89 bits per heavy atom. The number of likely N-dealkylation sites (N-methyl/N-ethyl adjacent to an activating group) is 1. The van der Waals surface area contributed by atoms with Gasteiger partial charge in [0.15, 0.2) is 11.5 Å². The predicted octanol–water partition coefficient (Wildman–Crippen LogP) is 4.43. The summed E-state index contributed by atoms with van der Waals surface area (Å²) in [5, 5.41) is 15.0. The molecule has 192 valence electrons. The van der Waals surface area contributed by atoms with Crippen LogP contribution in [0.4, 0.5) is 0 Å². The summed E-state index contributed by atoms with van der Waals surface area (Å²) in [6, 6.07) is 18.1. The van der Waals surface area contributed by atoms with E-state index in [-0.39, 0.29) is 17.7 Å². The minimum absolute atomic E-state index is 0.0131. The Bertz CT molecular complexity index is 1150. The number of carbonyl (C=O) groups is 1. The van der Waals surface area contributed by atoms with Crippen LogP contribution in [0, 0.1) is 12.8 Å². The minimum Gasteiger partial charge on any atom is -0.504 e. The smallest absolute Gasteiger partial charge is 0.272 e. The van der Waals surface area contributed by atoms with E-state index in [1.54, 1.807) is 10.7 Å². The van der Waals surface area contributed by atoms with Gasteiger partial charge in [-0.05, 0) is 69.8 Å². The second kappa shape index (κ2) is 11.6. The Morgan fingerprint density at radius 1 is 1.17 bits per heavy atom. The molecular weight excluding hydrogens is 452 g/mol. The third-order valence-electron chi connectivity index (χ3n) is 7.28. The van der Waals surface area contributed by atoms with Gasteiger partial charge in [0.1, 0.15) is 5.69 Å². The monoisotopic (exact) mass is 490 g/mol. The molecule has 36 heavy (non-hydrogen) atoms. The van der Waals surface area contributed by atoms with E-state index in [4.69, 9.17) is 4.74 Å². The van der Waals surface area contributed by atoms with Gasteiger partial charge in [-0.2, -0.15) is 5.10 Å². The van der Waals surface area contributed by atoms with Crippen molar-refractivity contribution in [3.63, 3.8) is 0 Å². The van der Waals surface area contributed by atoms with E-state index in [0.29, 0.717) is 30.5 Å². The molecule has 1 aromatic heterocycles. The van der Waals surface area contributed by atoms with E-state index < -0.39 is 0 Å². The van der Waals surface area contributed by atoms with Crippen molar-refractivity contribution in [2.24, 2.45) is 13.0 Å². The second-order valence-corrected chi connectivity index (χ2v) is 9.78. The SMILES string of the molecule is CCOc1cccc(CN2CCC([C@@H](Cc3ccccc3)N(C)C(=O)c3cc(C)nn3C)CC2)c1O. The van der Waals surface area contributed by atoms with E-state index in [1.165, 1.54) is 5.56 Å². The average molecular weight is 491 g/mol. The molecule has 1 amide bonds. The number of carbonyl (C=O) groups excluding carboxylic acids is 1. The molecule has 0 spiro atoms. The lowest BCUT2D eigenvalue weighted by molar-refractivity contribution is 0.0574. The summed E-state index contributed by atoms with van der Waals surface area (Å²) in [6.45, 7) is 6.87. The van der Waals surface area contributed by atoms with Crippen LogP contribution in [0.5, 0.6) is 11.5 Å². The normalized spacial score (nSPS) is 15.6. The maximum Gasteiger partial charge on any atom is 0.272 e. The van der Waals surface area contributed by atoms with Crippen molar-refractivity contribution in [3.05, 3.63) is 77.1 Å². The van der Waals surface area contributed by atoms with E-state index in [2.05, 4.69) is 34.3 Å². The maximum absolute atomic E-state index is 13.5. The molecule has 0 unspecified atom stereocenters. The number of para-hydroxylation sites is 1. The summed E-state index contributed by atoms with van der Waals surface area (Å²) in [6.07, 6.45) is 2.80. The van der Waals surface area contributed by atoms with Gasteiger partial charge in [0.05, 0.1) is 12.3 Å². The topological polar surface area (TPSA) is 70.8 Å². The summed E-state index contributed by atoms with van der Waals surface area (Å²) in [4.78, 5) is 17.8. The molecule has 3 aromatic rings. The maximum atomic E-state index is 13.5. The molecule has 2 heterocycles. The van der Waals surface area contributed by atoms with Gasteiger partial charge >= 0.3 is 0 Å². The number of nitrogens with zero attached hydrogens (tertiary/aromatic N) is 4. The number of aromatic hydroxyl groups is 1. The third kappa shape index (κ3) is 5.90. The summed E-state index contributed by atoms with van der Waals surface area (Å²) >= 11 is 0. The van der Waals surface area contributed by atoms with Gasteiger partial charge in [-0.3, -0.25) is 14.4 Å². The molecule has 0 radical (unpaired) electrons. The molecule has 7 heteroatoms. The highest BCUT2D eigenvalue weighted by Gasteiger charge is 2.33. The van der Waals surface area contributed by atoms with E-state index in [0.717, 1.165) is 43.6 Å². The molecule has 1 atom stereocenters. The van der Waals surface area contributed by atoms with Crippen LogP contribution < -0.4 is 4.74 Å². The fraction of sp³-hybridized carbons (Fsp3) is 0.448. The molecule has 7 nitrogen and oxygen atoms in total. The molecule has 0 bridgehead atoms. The van der Waals surface area contributed by atoms with Crippen molar-refractivity contribution in [2.75, 3.05) is 26.7 Å². The van der Waals surface area contributed by atoms with Gasteiger partial charge < -0.3 is 14.7 Å². The highest BCUT2D eigenvalue weighted by atomic mass is 16.5. The fourth-order valence-corrected chi connectivity index (χ4v) is 5.32. The Morgan fingerprint density at radius 3 is 2.53 bits per heavy atom. The first-order valence-electron chi connectivity index (χ1n) is 12.8. The number of likely N-dealkylation sites (tertiary alicyclic amines) is 1. The number of aryl methyl sites for hydroxylation is 2. The Hall–Kier alpha value is -3.32. The third-order valence-corrected chi connectivity index (χ3v) is 7.28. The van der Waals surface area contributed by atoms with Crippen molar-refractivity contribution in [2.45, 2.75) is 45.7 Å². The van der Waals surface area contributed by atoms with Gasteiger partial charge in [0, 0.05) is 32.2 Å². The van der Waals surface area contributed by atoms with Gasteiger partial charge in [-0.25, -0.2) is 0 Å². The lowest BCUT2D eigenvalue weighted by Crippen LogP contribution is -2.47. The number of aromatic nitrogens is 2. The van der Waals surface area contributed by atoms with Gasteiger partial charge in [0.25, 0.3) is 5.91 Å². The first-order valence-corrected chi connectivity index (χ1v) is 12.8. The first-order chi connectivity index (χ1) is 17.4. The number of benzene rings is 2. The molecule has 1 aliphatic rings. The zero-order chi connectivity index (χ0) is 25.7. The molecule has 4 rings (SSSR count). The second-order valence-electron chi connectivity index (χ2n) is 9.78. The number of hydrogen-bond acceptors (Lipinski definition) is 5. The fourth-order valence-electron chi connectivity index (χ4n) is 5.32. The molecule has 1 N–H and O–H groups in total. The number of ether oxygens (including phenoxy) is 1. The lowest BCUT2D eigenvalue weighted by atomic mass is 9.84. The summed E-state index contributed by atoms with van der Waals surface area (Å²) < 4.78 is 7.23. The Labute approximate surface area is 214 Å². The van der Waals surface area contributed by atoms with Crippen molar-refractivity contribution in [1.29, 1.82) is 0 Å². The van der Waals surface area contributed by atoms with E-state index in [1.807, 2.05) is 57.1 Å². The van der Waals surface area contributed by atoms with Crippen molar-refractivity contribution >= 4 is 5.91 Å². The molecule has 1 fully saturated rings. The quantitative estimate of drug-likeness (QED) is 0.481. The van der Waals surface area contributed by atoms with E-state index in [9.17, 15) is 9.90 Å². The van der Waals surface area contributed by atoms with Crippen LogP contribution in [-0.4, -0.2) is 63.4 Å². The number of piperidine rings is 1. The van der Waals surface area contributed by atoms with E-state index >= 15 is 0 Å². The zero-order valence-electron chi connectivity index (χ0n) is 21.9. The summed E-state index contributed by atoms with van der Waals surface area (Å²) in [5.41, 5.74) is 3.59. The van der Waals surface area contributed by atoms with Crippen LogP contribution in [0.15, 0.2) is 54.6 Å². The Kier molecular flexibility index (Phi) is 8.31. The van der Waals surface area contributed by atoms with Crippen LogP contribution in [0.1, 0.15) is 47.1 Å². The van der Waals surface area contributed by atoms with Crippen LogP contribution in [0.25, 0.3) is 0 Å². The lowest BCUT2D eigenvalue weighted by Gasteiger charge is -2.40. The number of amides is 1. The average Bonchev–Trinajstić information content (AvgIpc) is 3.23. The van der Waals surface area contributed by atoms with Gasteiger partial charge in [0.2, 0.25) is 0 Å². The predicted molar refractivity (Wildman–Crippen MR) is 141 cm³/mol. The molecule has 0 saturated carbocycles. The first kappa shape index (κ1) is 25.8. The van der Waals surface area contributed by atoms with Crippen LogP contribution in [0.2, 0.25) is 0 Å². The van der Waals surface area contributed by atoms with Gasteiger partial charge in [-0.1, -0.05) is 42.5 Å². The van der Waals surface area contributed by atoms with Crippen LogP contribution in [0.3, 0.4) is 0 Å². The van der Waals surface area contributed by atoms with Crippen molar-refractivity contribution in [1.82, 2.24) is 19.6 Å². The van der Waals surface area contributed by atoms with Crippen LogP contribution in [-0.2, 0) is 20.0 Å². The number of phenols is 1. The molecule has 0 aliphatic carbocycles. The standard InChI is InChI=1S/C29H38N4O3/c1-5-36-27-13-9-12-24(28(27)34)20-33-16-14-23(15-17-33)25(19-22-10-7-6-8-11-22)31(3)29(35)26-18-21(2)30-32(26)4/h6-13,18,23,25,34H,5,14-17,19-20H2,1-4H3/t25-/m1/s1. The highest BCUT2D eigenvalue weighted by molar-refractivity contribution is 5.92. The highest BCUT2D eigenvalue weighted by Crippen LogP contribution is 2.33. The molecule has 2 aromatic carbocycles. The Balaban J connectivity index is 1.47. The minimum atomic E-state index is 0.0131. The molecule has 1 saturated heterocycles. The zero-order valence-corrected chi connectivity index (χ0v) is 21.9. The van der Waals surface area contributed by atoms with Gasteiger partial charge in [-0.15, -0.1) is 0 Å².